The summed E-state index contributed by atoms with van der Waals surface area (Å²) in [5.41, 5.74) is 2.93. The normalized spacial score (nSPS) is 11.1. The molecule has 90 valence electrons. The van der Waals surface area contributed by atoms with Crippen LogP contribution in [0.25, 0.3) is 22.3 Å². The lowest BCUT2D eigenvalue weighted by molar-refractivity contribution is 1.22. The maximum Gasteiger partial charge on any atom is 0.162 e. The van der Waals surface area contributed by atoms with Crippen LogP contribution >= 0.6 is 34.5 Å². The van der Waals surface area contributed by atoms with Crippen molar-refractivity contribution in [3.05, 3.63) is 44.7 Å². The van der Waals surface area contributed by atoms with Gasteiger partial charge in [0.25, 0.3) is 0 Å². The van der Waals surface area contributed by atoms with Crippen LogP contribution in [0.4, 0.5) is 0 Å². The summed E-state index contributed by atoms with van der Waals surface area (Å²) >= 11 is 13.8. The summed E-state index contributed by atoms with van der Waals surface area (Å²) in [5, 5.41) is 6.01. The zero-order chi connectivity index (χ0) is 12.7. The summed E-state index contributed by atoms with van der Waals surface area (Å²) in [6.07, 6.45) is 0. The maximum atomic E-state index is 6.19. The molecular weight excluding hydrogens is 287 g/mol. The SMILES string of the molecule is Cc1cscc1-c1nc(Cl)c2ccc(Cl)cc2n1. The number of aromatic nitrogens is 2. The van der Waals surface area contributed by atoms with E-state index in [1.807, 2.05) is 18.4 Å². The Hall–Kier alpha value is -1.16. The van der Waals surface area contributed by atoms with Crippen molar-refractivity contribution in [2.45, 2.75) is 6.92 Å². The lowest BCUT2D eigenvalue weighted by Gasteiger charge is -2.04. The van der Waals surface area contributed by atoms with Crippen molar-refractivity contribution in [1.29, 1.82) is 0 Å². The van der Waals surface area contributed by atoms with Crippen molar-refractivity contribution in [2.75, 3.05) is 0 Å². The number of aryl methyl sites for hydroxylation is 1. The Kier molecular flexibility index (Phi) is 2.98. The maximum absolute atomic E-state index is 6.19. The Morgan fingerprint density at radius 3 is 2.67 bits per heavy atom. The third-order valence-electron chi connectivity index (χ3n) is 2.71. The lowest BCUT2D eigenvalue weighted by atomic mass is 10.2. The first-order valence-corrected chi connectivity index (χ1v) is 7.01. The minimum atomic E-state index is 0.456. The number of rotatable bonds is 1. The molecule has 0 saturated carbocycles. The van der Waals surface area contributed by atoms with Gasteiger partial charge in [-0.05, 0) is 36.1 Å². The number of nitrogens with zero attached hydrogens (tertiary/aromatic N) is 2. The molecule has 0 radical (unpaired) electrons. The molecule has 0 aliphatic rings. The number of hydrogen-bond donors (Lipinski definition) is 0. The zero-order valence-electron chi connectivity index (χ0n) is 9.45. The average molecular weight is 295 g/mol. The summed E-state index contributed by atoms with van der Waals surface area (Å²) in [7, 11) is 0. The highest BCUT2D eigenvalue weighted by atomic mass is 35.5. The first kappa shape index (κ1) is 11.9. The monoisotopic (exact) mass is 294 g/mol. The van der Waals surface area contributed by atoms with Gasteiger partial charge in [0.1, 0.15) is 5.15 Å². The van der Waals surface area contributed by atoms with E-state index in [2.05, 4.69) is 15.3 Å². The fraction of sp³-hybridized carbons (Fsp3) is 0.0769. The lowest BCUT2D eigenvalue weighted by Crippen LogP contribution is -1.92. The second-order valence-electron chi connectivity index (χ2n) is 3.97. The molecule has 18 heavy (non-hydrogen) atoms. The van der Waals surface area contributed by atoms with E-state index >= 15 is 0 Å². The first-order chi connectivity index (χ1) is 8.65. The van der Waals surface area contributed by atoms with Crippen LogP contribution in [0.5, 0.6) is 0 Å². The Balaban J connectivity index is 2.30. The van der Waals surface area contributed by atoms with Crippen molar-refractivity contribution in [3.63, 3.8) is 0 Å². The van der Waals surface area contributed by atoms with Gasteiger partial charge in [0, 0.05) is 21.4 Å². The van der Waals surface area contributed by atoms with Crippen LogP contribution < -0.4 is 0 Å². The van der Waals surface area contributed by atoms with Gasteiger partial charge in [-0.15, -0.1) is 0 Å². The van der Waals surface area contributed by atoms with Crippen LogP contribution in [0, 0.1) is 6.92 Å². The van der Waals surface area contributed by atoms with Gasteiger partial charge in [0.2, 0.25) is 0 Å². The zero-order valence-corrected chi connectivity index (χ0v) is 11.8. The molecule has 2 heterocycles. The summed E-state index contributed by atoms with van der Waals surface area (Å²) < 4.78 is 0. The molecule has 5 heteroatoms. The predicted molar refractivity (Wildman–Crippen MR) is 77.6 cm³/mol. The van der Waals surface area contributed by atoms with Crippen LogP contribution in [-0.4, -0.2) is 9.97 Å². The van der Waals surface area contributed by atoms with E-state index in [4.69, 9.17) is 23.2 Å². The van der Waals surface area contributed by atoms with E-state index in [0.29, 0.717) is 16.0 Å². The van der Waals surface area contributed by atoms with E-state index in [1.165, 1.54) is 0 Å². The van der Waals surface area contributed by atoms with Crippen LogP contribution in [-0.2, 0) is 0 Å². The van der Waals surface area contributed by atoms with Crippen molar-refractivity contribution in [3.8, 4) is 11.4 Å². The molecule has 3 aromatic rings. The van der Waals surface area contributed by atoms with Gasteiger partial charge in [0.15, 0.2) is 5.82 Å². The number of benzene rings is 1. The number of thiophene rings is 1. The Morgan fingerprint density at radius 2 is 1.94 bits per heavy atom. The van der Waals surface area contributed by atoms with Crippen LogP contribution in [0.1, 0.15) is 5.56 Å². The molecule has 2 nitrogen and oxygen atoms in total. The summed E-state index contributed by atoms with van der Waals surface area (Å²) in [5.74, 6) is 0.647. The summed E-state index contributed by atoms with van der Waals surface area (Å²) in [4.78, 5) is 8.88. The molecule has 0 unspecified atom stereocenters. The third kappa shape index (κ3) is 1.99. The number of halogens is 2. The highest BCUT2D eigenvalue weighted by molar-refractivity contribution is 7.08. The van der Waals surface area contributed by atoms with Gasteiger partial charge in [-0.25, -0.2) is 9.97 Å². The van der Waals surface area contributed by atoms with Gasteiger partial charge in [0.05, 0.1) is 5.52 Å². The molecule has 1 aromatic carbocycles. The Labute approximate surface area is 118 Å². The Morgan fingerprint density at radius 1 is 1.11 bits per heavy atom. The van der Waals surface area contributed by atoms with Gasteiger partial charge in [-0.3, -0.25) is 0 Å². The highest BCUT2D eigenvalue weighted by Crippen LogP contribution is 2.29. The smallest absolute Gasteiger partial charge is 0.162 e. The van der Waals surface area contributed by atoms with Crippen LogP contribution in [0.2, 0.25) is 10.2 Å². The average Bonchev–Trinajstić information content (AvgIpc) is 2.74. The largest absolute Gasteiger partial charge is 0.228 e. The fourth-order valence-corrected chi connectivity index (χ4v) is 3.01. The minimum Gasteiger partial charge on any atom is -0.228 e. The van der Waals surface area contributed by atoms with Crippen molar-refractivity contribution in [1.82, 2.24) is 9.97 Å². The molecule has 0 saturated heterocycles. The van der Waals surface area contributed by atoms with Crippen molar-refractivity contribution in [2.24, 2.45) is 0 Å². The molecule has 3 rings (SSSR count). The number of hydrogen-bond acceptors (Lipinski definition) is 3. The second-order valence-corrected chi connectivity index (χ2v) is 5.51. The van der Waals surface area contributed by atoms with Gasteiger partial charge >= 0.3 is 0 Å². The molecule has 0 atom stereocenters. The predicted octanol–water partition coefficient (Wildman–Crippen LogP) is 4.97. The van der Waals surface area contributed by atoms with Crippen molar-refractivity contribution < 1.29 is 0 Å². The van der Waals surface area contributed by atoms with Gasteiger partial charge in [-0.2, -0.15) is 11.3 Å². The number of fused-ring (bicyclic) bond motifs is 1. The molecule has 2 aromatic heterocycles. The minimum absolute atomic E-state index is 0.456. The van der Waals surface area contributed by atoms with Crippen LogP contribution in [0.3, 0.4) is 0 Å². The standard InChI is InChI=1S/C13H8Cl2N2S/c1-7-5-18-6-10(7)13-16-11-4-8(14)2-3-9(11)12(15)17-13/h2-6H,1H3. The quantitative estimate of drug-likeness (QED) is 0.592. The topological polar surface area (TPSA) is 25.8 Å². The molecule has 0 N–H and O–H groups in total. The second kappa shape index (κ2) is 4.50. The van der Waals surface area contributed by atoms with Gasteiger partial charge in [-0.1, -0.05) is 23.2 Å². The molecular formula is C13H8Cl2N2S. The third-order valence-corrected chi connectivity index (χ3v) is 4.09. The molecule has 0 fully saturated rings. The highest BCUT2D eigenvalue weighted by Gasteiger charge is 2.10. The molecule has 0 aliphatic carbocycles. The first-order valence-electron chi connectivity index (χ1n) is 5.31. The Bertz CT molecular complexity index is 737. The summed E-state index contributed by atoms with van der Waals surface area (Å²) in [6.45, 7) is 2.03. The fourth-order valence-electron chi connectivity index (χ4n) is 1.77. The molecule has 0 bridgehead atoms. The van der Waals surface area contributed by atoms with Crippen molar-refractivity contribution >= 4 is 45.4 Å². The van der Waals surface area contributed by atoms with E-state index in [0.717, 1.165) is 22.0 Å². The van der Waals surface area contributed by atoms with E-state index < -0.39 is 0 Å². The summed E-state index contributed by atoms with van der Waals surface area (Å²) in [6, 6.07) is 5.43. The molecule has 0 amide bonds. The van der Waals surface area contributed by atoms with E-state index in [-0.39, 0.29) is 0 Å². The van der Waals surface area contributed by atoms with Gasteiger partial charge < -0.3 is 0 Å². The van der Waals surface area contributed by atoms with E-state index in [9.17, 15) is 0 Å². The molecule has 0 aliphatic heterocycles. The molecule has 0 spiro atoms. The van der Waals surface area contributed by atoms with Crippen LogP contribution in [0.15, 0.2) is 29.0 Å². The van der Waals surface area contributed by atoms with E-state index in [1.54, 1.807) is 23.5 Å².